The number of benzene rings is 1. The molecule has 25 heavy (non-hydrogen) atoms. The third kappa shape index (κ3) is 2.97. The molecule has 2 aromatic rings. The summed E-state index contributed by atoms with van der Waals surface area (Å²) < 4.78 is 0. The highest BCUT2D eigenvalue weighted by Gasteiger charge is 2.38. The van der Waals surface area contributed by atoms with Crippen molar-refractivity contribution in [2.75, 3.05) is 18.0 Å². The van der Waals surface area contributed by atoms with Crippen LogP contribution in [0.15, 0.2) is 24.3 Å². The molecule has 1 aromatic heterocycles. The summed E-state index contributed by atoms with van der Waals surface area (Å²) in [6, 6.07) is 8.87. The molecule has 0 amide bonds. The summed E-state index contributed by atoms with van der Waals surface area (Å²) in [6.45, 7) is 8.46. The first kappa shape index (κ1) is 16.3. The average molecular weight is 338 g/mol. The molecule has 0 saturated carbocycles. The molecule has 1 unspecified atom stereocenters. The molecule has 2 saturated heterocycles. The van der Waals surface area contributed by atoms with Crippen LogP contribution in [0.5, 0.6) is 5.75 Å². The maximum absolute atomic E-state index is 10.2. The van der Waals surface area contributed by atoms with E-state index in [0.29, 0.717) is 18.0 Å². The Balaban J connectivity index is 1.64. The lowest BCUT2D eigenvalue weighted by Crippen LogP contribution is -2.50. The van der Waals surface area contributed by atoms with Crippen LogP contribution < -0.4 is 10.2 Å². The van der Waals surface area contributed by atoms with Gasteiger partial charge in [-0.1, -0.05) is 13.0 Å². The number of aryl methyl sites for hydroxylation is 2. The van der Waals surface area contributed by atoms with Crippen molar-refractivity contribution in [1.29, 1.82) is 0 Å². The van der Waals surface area contributed by atoms with E-state index >= 15 is 0 Å². The summed E-state index contributed by atoms with van der Waals surface area (Å²) >= 11 is 0. The van der Waals surface area contributed by atoms with E-state index in [1.807, 2.05) is 26.0 Å². The summed E-state index contributed by atoms with van der Waals surface area (Å²) in [4.78, 5) is 2.41. The van der Waals surface area contributed by atoms with E-state index in [-0.39, 0.29) is 5.75 Å². The molecular weight excluding hydrogens is 312 g/mol. The first-order valence-electron chi connectivity index (χ1n) is 9.17. The van der Waals surface area contributed by atoms with Crippen molar-refractivity contribution in [3.63, 3.8) is 0 Å². The van der Waals surface area contributed by atoms with Gasteiger partial charge in [0.15, 0.2) is 5.82 Å². The van der Waals surface area contributed by atoms with Crippen molar-refractivity contribution in [2.24, 2.45) is 5.92 Å². The van der Waals surface area contributed by atoms with E-state index in [4.69, 9.17) is 0 Å². The minimum Gasteiger partial charge on any atom is -0.507 e. The van der Waals surface area contributed by atoms with Crippen LogP contribution in [0.25, 0.3) is 11.3 Å². The van der Waals surface area contributed by atoms with Crippen LogP contribution in [0.3, 0.4) is 0 Å². The van der Waals surface area contributed by atoms with Gasteiger partial charge in [-0.3, -0.25) is 0 Å². The second-order valence-electron chi connectivity index (χ2n) is 7.66. The monoisotopic (exact) mass is 338 g/mol. The Bertz CT molecular complexity index is 791. The van der Waals surface area contributed by atoms with E-state index in [0.717, 1.165) is 41.3 Å². The summed E-state index contributed by atoms with van der Waals surface area (Å²) in [5, 5.41) is 22.9. The molecule has 0 bridgehead atoms. The van der Waals surface area contributed by atoms with Crippen molar-refractivity contribution in [1.82, 2.24) is 15.5 Å². The number of anilines is 1. The molecule has 0 aliphatic carbocycles. The second kappa shape index (κ2) is 6.30. The van der Waals surface area contributed by atoms with Gasteiger partial charge in [-0.25, -0.2) is 0 Å². The smallest absolute Gasteiger partial charge is 0.151 e. The maximum Gasteiger partial charge on any atom is 0.151 e. The van der Waals surface area contributed by atoms with Gasteiger partial charge in [0.1, 0.15) is 5.75 Å². The molecular formula is C20H26N4O. The number of hydrogen-bond donors (Lipinski definition) is 2. The normalized spacial score (nSPS) is 25.9. The molecule has 3 heterocycles. The van der Waals surface area contributed by atoms with Gasteiger partial charge in [-0.15, -0.1) is 10.2 Å². The number of phenolic OH excluding ortho intramolecular Hbond substituents is 1. The maximum atomic E-state index is 10.2. The van der Waals surface area contributed by atoms with Crippen LogP contribution in [0.4, 0.5) is 5.82 Å². The molecule has 5 nitrogen and oxygen atoms in total. The standard InChI is InChI=1S/C20H26N4O/c1-12-4-5-15(18(25)9-12)20-14(3)10-19(22-23-20)24-7-6-16-17(24)8-13(2)11-21-16/h4-5,9-10,13,16-17,21,25H,6-8,11H2,1-3H3/t13?,16-,17+/m0/s1. The summed E-state index contributed by atoms with van der Waals surface area (Å²) in [7, 11) is 0. The lowest BCUT2D eigenvalue weighted by Gasteiger charge is -2.36. The Kier molecular flexibility index (Phi) is 4.12. The number of fused-ring (bicyclic) bond motifs is 1. The van der Waals surface area contributed by atoms with Crippen LogP contribution in [0.2, 0.25) is 0 Å². The first-order chi connectivity index (χ1) is 12.0. The van der Waals surface area contributed by atoms with Gasteiger partial charge < -0.3 is 15.3 Å². The molecule has 2 N–H and O–H groups in total. The van der Waals surface area contributed by atoms with Crippen molar-refractivity contribution in [3.05, 3.63) is 35.4 Å². The number of piperidine rings is 1. The number of nitrogens with zero attached hydrogens (tertiary/aromatic N) is 3. The van der Waals surface area contributed by atoms with E-state index in [2.05, 4.69) is 33.4 Å². The fourth-order valence-corrected chi connectivity index (χ4v) is 4.24. The molecule has 2 fully saturated rings. The van der Waals surface area contributed by atoms with Crippen LogP contribution in [0.1, 0.15) is 30.9 Å². The largest absolute Gasteiger partial charge is 0.507 e. The third-order valence-corrected chi connectivity index (χ3v) is 5.59. The molecule has 2 aliphatic rings. The number of aromatic hydroxyl groups is 1. The number of phenols is 1. The summed E-state index contributed by atoms with van der Waals surface area (Å²) in [6.07, 6.45) is 2.37. The average Bonchev–Trinajstić information content (AvgIpc) is 2.98. The zero-order chi connectivity index (χ0) is 17.6. The van der Waals surface area contributed by atoms with E-state index in [1.54, 1.807) is 6.07 Å². The van der Waals surface area contributed by atoms with Crippen LogP contribution in [0, 0.1) is 19.8 Å². The Morgan fingerprint density at radius 2 is 2.04 bits per heavy atom. The molecule has 4 rings (SSSR count). The Labute approximate surface area is 149 Å². The molecule has 2 aliphatic heterocycles. The number of rotatable bonds is 2. The van der Waals surface area contributed by atoms with Gasteiger partial charge in [0, 0.05) is 24.2 Å². The molecule has 5 heteroatoms. The summed E-state index contributed by atoms with van der Waals surface area (Å²) in [5.74, 6) is 1.91. The molecule has 0 spiro atoms. The predicted molar refractivity (Wildman–Crippen MR) is 99.9 cm³/mol. The Hall–Kier alpha value is -2.14. The predicted octanol–water partition coefficient (Wildman–Crippen LogP) is 3.04. The topological polar surface area (TPSA) is 61.3 Å². The minimum atomic E-state index is 0.261. The highest BCUT2D eigenvalue weighted by molar-refractivity contribution is 5.70. The second-order valence-corrected chi connectivity index (χ2v) is 7.66. The van der Waals surface area contributed by atoms with Gasteiger partial charge in [0.25, 0.3) is 0 Å². The Morgan fingerprint density at radius 1 is 1.20 bits per heavy atom. The van der Waals surface area contributed by atoms with Gasteiger partial charge in [-0.05, 0) is 68.5 Å². The van der Waals surface area contributed by atoms with Crippen molar-refractivity contribution in [3.8, 4) is 17.0 Å². The van der Waals surface area contributed by atoms with E-state index < -0.39 is 0 Å². The molecule has 132 valence electrons. The fraction of sp³-hybridized carbons (Fsp3) is 0.500. The van der Waals surface area contributed by atoms with Gasteiger partial charge in [-0.2, -0.15) is 0 Å². The SMILES string of the molecule is Cc1ccc(-c2nnc(N3CC[C@@H]4NCC(C)C[C@H]43)cc2C)c(O)c1. The zero-order valence-corrected chi connectivity index (χ0v) is 15.2. The first-order valence-corrected chi connectivity index (χ1v) is 9.17. The van der Waals surface area contributed by atoms with Crippen LogP contribution in [-0.4, -0.2) is 40.5 Å². The van der Waals surface area contributed by atoms with Crippen LogP contribution in [-0.2, 0) is 0 Å². The van der Waals surface area contributed by atoms with E-state index in [1.165, 1.54) is 12.8 Å². The Morgan fingerprint density at radius 3 is 2.80 bits per heavy atom. The van der Waals surface area contributed by atoms with Gasteiger partial charge >= 0.3 is 0 Å². The highest BCUT2D eigenvalue weighted by atomic mass is 16.3. The molecule has 3 atom stereocenters. The van der Waals surface area contributed by atoms with E-state index in [9.17, 15) is 5.11 Å². The molecule has 0 radical (unpaired) electrons. The minimum absolute atomic E-state index is 0.261. The summed E-state index contributed by atoms with van der Waals surface area (Å²) in [5.41, 5.74) is 3.58. The third-order valence-electron chi connectivity index (χ3n) is 5.59. The van der Waals surface area contributed by atoms with Gasteiger partial charge in [0.05, 0.1) is 5.69 Å². The quantitative estimate of drug-likeness (QED) is 0.881. The number of aromatic nitrogens is 2. The van der Waals surface area contributed by atoms with Gasteiger partial charge in [0.2, 0.25) is 0 Å². The van der Waals surface area contributed by atoms with Crippen molar-refractivity contribution >= 4 is 5.82 Å². The zero-order valence-electron chi connectivity index (χ0n) is 15.2. The lowest BCUT2D eigenvalue weighted by atomic mass is 9.92. The number of hydrogen-bond acceptors (Lipinski definition) is 5. The van der Waals surface area contributed by atoms with Crippen LogP contribution >= 0.6 is 0 Å². The molecule has 1 aromatic carbocycles. The fourth-order valence-electron chi connectivity index (χ4n) is 4.24. The lowest BCUT2D eigenvalue weighted by molar-refractivity contribution is 0.310. The number of nitrogens with one attached hydrogen (secondary N) is 1. The van der Waals surface area contributed by atoms with Crippen molar-refractivity contribution < 1.29 is 5.11 Å². The highest BCUT2D eigenvalue weighted by Crippen LogP contribution is 2.34. The van der Waals surface area contributed by atoms with Crippen molar-refractivity contribution in [2.45, 2.75) is 45.7 Å².